The van der Waals surface area contributed by atoms with Crippen LogP contribution in [0.3, 0.4) is 0 Å². The van der Waals surface area contributed by atoms with Crippen molar-refractivity contribution < 1.29 is 107 Å². The molecule has 0 aliphatic rings. The number of nitrogens with zero attached hydrogens (tertiary/aromatic N) is 4. The van der Waals surface area contributed by atoms with Gasteiger partial charge in [0.05, 0.1) is 47.0 Å². The van der Waals surface area contributed by atoms with E-state index in [1.807, 2.05) is 0 Å². The van der Waals surface area contributed by atoms with Gasteiger partial charge in [0.1, 0.15) is 0 Å². The van der Waals surface area contributed by atoms with Gasteiger partial charge in [-0.15, -0.1) is 0 Å². The largest absolute Gasteiger partial charge is 1.00 e. The second kappa shape index (κ2) is 23.5. The van der Waals surface area contributed by atoms with E-state index in [2.05, 4.69) is 55.9 Å². The van der Waals surface area contributed by atoms with Crippen LogP contribution in [0.25, 0.3) is 0 Å². The molecule has 23 heteroatoms. The quantitative estimate of drug-likeness (QED) is 0.00937. The SMILES string of the molecule is O=S(=O)([O-])CCNc1cc(NCC(O)CO)cc(Nc2ccc(Nc3nc(/N=C\CSOO[O-])nc(NCC(O)CO)n3)cc2)c1.[Na+].[Na+]. The Morgan fingerprint density at radius 1 is 0.833 bits per heavy atom. The first kappa shape index (κ1) is 44.1. The van der Waals surface area contributed by atoms with Gasteiger partial charge in [-0.05, 0) is 42.5 Å². The Hall–Kier alpha value is -1.90. The van der Waals surface area contributed by atoms with Gasteiger partial charge < -0.3 is 56.8 Å². The average Bonchev–Trinajstić information content (AvgIpc) is 3.02. The molecule has 0 aliphatic carbocycles. The molecule has 0 saturated heterocycles. The molecule has 0 spiro atoms. The van der Waals surface area contributed by atoms with Crippen LogP contribution in [-0.2, 0) is 19.5 Å². The topological polar surface area (TPSA) is 291 Å². The standard InChI is InChI=1S/C25H35N9O10S2.2Na/c35-14-21(37)12-28-19-9-18(26-6-8-46(40,41)42)10-20(11-19)30-16-1-3-17(4-2-16)31-25-33-23(27-5-7-45-44-43-39)32-24(34-25)29-13-22(38)15-36;;/h1-5,9-11,21-22,26,28,30,35-39H,6-8,12-15H2,(H,40,41,42)(H2,29,31,32,33,34);;/q;2*+1/p-2/b27-5-;;. The van der Waals surface area contributed by atoms with E-state index < -0.39 is 41.3 Å². The Morgan fingerprint density at radius 2 is 1.40 bits per heavy atom. The molecular formula is C25H33N9Na2O10S2. The van der Waals surface area contributed by atoms with Crippen LogP contribution >= 0.6 is 12.0 Å². The average molecular weight is 730 g/mol. The number of aliphatic hydroxyl groups is 4. The zero-order valence-corrected chi connectivity index (χ0v) is 31.7. The van der Waals surface area contributed by atoms with E-state index in [0.717, 1.165) is 0 Å². The van der Waals surface area contributed by atoms with Crippen LogP contribution in [0.1, 0.15) is 0 Å². The van der Waals surface area contributed by atoms with Crippen LogP contribution in [0.2, 0.25) is 0 Å². The molecule has 1 aromatic heterocycles. The number of aromatic nitrogens is 3. The third-order valence-electron chi connectivity index (χ3n) is 5.55. The van der Waals surface area contributed by atoms with E-state index in [4.69, 9.17) is 10.2 Å². The number of benzene rings is 2. The second-order valence-corrected chi connectivity index (χ2v) is 11.5. The normalized spacial score (nSPS) is 12.4. The van der Waals surface area contributed by atoms with Crippen molar-refractivity contribution in [3.05, 3.63) is 42.5 Å². The van der Waals surface area contributed by atoms with Crippen molar-refractivity contribution in [3.8, 4) is 0 Å². The van der Waals surface area contributed by atoms with E-state index in [-0.39, 0.29) is 102 Å². The zero-order chi connectivity index (χ0) is 33.4. The first-order valence-corrected chi connectivity index (χ1v) is 15.9. The van der Waals surface area contributed by atoms with Crippen molar-refractivity contribution in [2.45, 2.75) is 12.2 Å². The number of hydrogen-bond acceptors (Lipinski definition) is 20. The van der Waals surface area contributed by atoms with Crippen LogP contribution in [0.15, 0.2) is 47.5 Å². The predicted molar refractivity (Wildman–Crippen MR) is 168 cm³/mol. The van der Waals surface area contributed by atoms with Gasteiger partial charge in [0, 0.05) is 66.3 Å². The molecule has 0 amide bonds. The fourth-order valence-electron chi connectivity index (χ4n) is 3.48. The van der Waals surface area contributed by atoms with E-state index in [0.29, 0.717) is 40.5 Å². The fourth-order valence-corrected chi connectivity index (χ4v) is 4.07. The van der Waals surface area contributed by atoms with Crippen LogP contribution in [-0.4, -0.2) is 111 Å². The van der Waals surface area contributed by atoms with Gasteiger partial charge in [-0.2, -0.15) is 19.3 Å². The smallest absolute Gasteiger partial charge is 0.748 e. The second-order valence-electron chi connectivity index (χ2n) is 9.26. The molecule has 2 atom stereocenters. The summed E-state index contributed by atoms with van der Waals surface area (Å²) in [5, 5.41) is 65.6. The monoisotopic (exact) mass is 729 g/mol. The Labute approximate surface area is 324 Å². The predicted octanol–water partition coefficient (Wildman–Crippen LogP) is -6.57. The number of aliphatic hydroxyl groups excluding tert-OH is 4. The minimum atomic E-state index is -4.41. The molecule has 252 valence electrons. The first-order chi connectivity index (χ1) is 22.1. The van der Waals surface area contributed by atoms with Crippen LogP contribution in [0.5, 0.6) is 0 Å². The van der Waals surface area contributed by atoms with E-state index in [1.165, 1.54) is 6.21 Å². The van der Waals surface area contributed by atoms with E-state index in [1.54, 1.807) is 42.5 Å². The third kappa shape index (κ3) is 17.7. The van der Waals surface area contributed by atoms with Gasteiger partial charge in [-0.3, -0.25) is 5.04 Å². The molecule has 2 unspecified atom stereocenters. The molecule has 0 radical (unpaired) electrons. The molecule has 3 aromatic rings. The van der Waals surface area contributed by atoms with Crippen molar-refractivity contribution in [1.29, 1.82) is 0 Å². The summed E-state index contributed by atoms with van der Waals surface area (Å²) < 4.78 is 37.1. The molecular weight excluding hydrogens is 696 g/mol. The van der Waals surface area contributed by atoms with Crippen LogP contribution < -0.4 is 91.0 Å². The molecule has 0 fully saturated rings. The number of rotatable bonds is 21. The first-order valence-electron chi connectivity index (χ1n) is 13.5. The van der Waals surface area contributed by atoms with Gasteiger partial charge in [0.15, 0.2) is 0 Å². The number of nitrogens with one attached hydrogen (secondary N) is 5. The van der Waals surface area contributed by atoms with Crippen LogP contribution in [0.4, 0.5) is 46.3 Å². The minimum Gasteiger partial charge on any atom is -0.748 e. The molecule has 2 aromatic carbocycles. The van der Waals surface area contributed by atoms with Crippen molar-refractivity contribution in [1.82, 2.24) is 15.0 Å². The van der Waals surface area contributed by atoms with Crippen molar-refractivity contribution >= 4 is 74.7 Å². The summed E-state index contributed by atoms with van der Waals surface area (Å²) in [6.07, 6.45) is -0.671. The molecule has 3 rings (SSSR count). The zero-order valence-electron chi connectivity index (χ0n) is 26.1. The fraction of sp³-hybridized carbons (Fsp3) is 0.360. The summed E-state index contributed by atoms with van der Waals surface area (Å²) >= 11 is 0.700. The van der Waals surface area contributed by atoms with E-state index in [9.17, 15) is 28.4 Å². The third-order valence-corrected chi connectivity index (χ3v) is 6.69. The number of hydrogen-bond donors (Lipinski definition) is 9. The molecule has 19 nitrogen and oxygen atoms in total. The van der Waals surface area contributed by atoms with Crippen molar-refractivity contribution in [2.24, 2.45) is 4.99 Å². The van der Waals surface area contributed by atoms with Crippen molar-refractivity contribution in [3.63, 3.8) is 0 Å². The molecule has 48 heavy (non-hydrogen) atoms. The Morgan fingerprint density at radius 3 is 2.00 bits per heavy atom. The molecule has 0 saturated carbocycles. The van der Waals surface area contributed by atoms with Gasteiger partial charge in [0.2, 0.25) is 11.9 Å². The van der Waals surface area contributed by atoms with Crippen LogP contribution in [0, 0.1) is 0 Å². The maximum absolute atomic E-state index is 11.0. The molecule has 0 aliphatic heterocycles. The summed E-state index contributed by atoms with van der Waals surface area (Å²) in [7, 11) is -4.41. The Kier molecular flexibility index (Phi) is 21.6. The summed E-state index contributed by atoms with van der Waals surface area (Å²) in [5.74, 6) is -0.276. The summed E-state index contributed by atoms with van der Waals surface area (Å²) in [4.78, 5) is 16.7. The van der Waals surface area contributed by atoms with Gasteiger partial charge in [-0.1, -0.05) is 0 Å². The molecule has 1 heterocycles. The summed E-state index contributed by atoms with van der Waals surface area (Å²) in [6.45, 7) is -0.995. The maximum Gasteiger partial charge on any atom is 1.00 e. The van der Waals surface area contributed by atoms with Crippen molar-refractivity contribution in [2.75, 3.05) is 70.9 Å². The summed E-state index contributed by atoms with van der Waals surface area (Å²) in [5.41, 5.74) is 2.88. The Bertz CT molecular complexity index is 1520. The Balaban J connectivity index is 0.00000576. The van der Waals surface area contributed by atoms with Gasteiger partial charge in [0.25, 0.3) is 5.95 Å². The number of aliphatic imine (C=N–C) groups is 1. The van der Waals surface area contributed by atoms with E-state index >= 15 is 0 Å². The maximum atomic E-state index is 11.0. The minimum absolute atomic E-state index is 0. The number of anilines is 7. The molecule has 0 bridgehead atoms. The molecule has 9 N–H and O–H groups in total. The van der Waals surface area contributed by atoms with Gasteiger partial charge in [-0.25, -0.2) is 13.4 Å². The van der Waals surface area contributed by atoms with Gasteiger partial charge >= 0.3 is 59.1 Å². The summed E-state index contributed by atoms with van der Waals surface area (Å²) in [6, 6.07) is 12.1.